The first-order chi connectivity index (χ1) is 7.26. The Bertz CT molecular complexity index is 298. The molecule has 1 aliphatic rings. The van der Waals surface area contributed by atoms with Crippen molar-refractivity contribution in [3.8, 4) is 0 Å². The van der Waals surface area contributed by atoms with E-state index in [4.69, 9.17) is 0 Å². The summed E-state index contributed by atoms with van der Waals surface area (Å²) in [6.07, 6.45) is 2.24. The van der Waals surface area contributed by atoms with E-state index in [2.05, 4.69) is 52.9 Å². The number of hydrogen-bond acceptors (Lipinski definition) is 1. The largest absolute Gasteiger partial charge is 0.356 e. The highest BCUT2D eigenvalue weighted by Crippen LogP contribution is 2.59. The molecule has 1 amide bonds. The minimum Gasteiger partial charge on any atom is -0.356 e. The summed E-state index contributed by atoms with van der Waals surface area (Å²) in [6.45, 7) is 13.6. The topological polar surface area (TPSA) is 29.1 Å². The average Bonchev–Trinajstić information content (AvgIpc) is 2.63. The van der Waals surface area contributed by atoms with Crippen LogP contribution in [0.3, 0.4) is 0 Å². The van der Waals surface area contributed by atoms with Crippen LogP contribution in [0.15, 0.2) is 11.6 Å². The van der Waals surface area contributed by atoms with Crippen molar-refractivity contribution in [2.45, 2.75) is 41.5 Å². The van der Waals surface area contributed by atoms with Crippen LogP contribution in [0, 0.1) is 23.2 Å². The molecule has 16 heavy (non-hydrogen) atoms. The third-order valence-electron chi connectivity index (χ3n) is 3.39. The predicted molar refractivity (Wildman–Crippen MR) is 68.0 cm³/mol. The number of allylic oxidation sites excluding steroid dienone is 2. The third-order valence-corrected chi connectivity index (χ3v) is 3.39. The third kappa shape index (κ3) is 2.87. The van der Waals surface area contributed by atoms with Gasteiger partial charge in [-0.3, -0.25) is 4.79 Å². The lowest BCUT2D eigenvalue weighted by Gasteiger charge is -2.08. The highest BCUT2D eigenvalue weighted by atomic mass is 16.2. The molecule has 1 saturated carbocycles. The number of amides is 1. The molecule has 0 bridgehead atoms. The number of carbonyl (C=O) groups is 1. The molecule has 1 rings (SSSR count). The van der Waals surface area contributed by atoms with E-state index in [0.29, 0.717) is 11.8 Å². The monoisotopic (exact) mass is 223 g/mol. The lowest BCUT2D eigenvalue weighted by Crippen LogP contribution is -2.30. The van der Waals surface area contributed by atoms with Crippen LogP contribution in [-0.4, -0.2) is 12.5 Å². The van der Waals surface area contributed by atoms with E-state index in [1.165, 1.54) is 5.57 Å². The van der Waals surface area contributed by atoms with Gasteiger partial charge in [-0.05, 0) is 31.1 Å². The molecule has 2 nitrogen and oxygen atoms in total. The fourth-order valence-electron chi connectivity index (χ4n) is 2.26. The molecule has 2 atom stereocenters. The van der Waals surface area contributed by atoms with Crippen LogP contribution < -0.4 is 5.32 Å². The van der Waals surface area contributed by atoms with E-state index < -0.39 is 0 Å². The van der Waals surface area contributed by atoms with Crippen LogP contribution in [-0.2, 0) is 4.79 Å². The van der Waals surface area contributed by atoms with Crippen LogP contribution in [0.4, 0.5) is 0 Å². The lowest BCUT2D eigenvalue weighted by atomic mass is 10.1. The fraction of sp³-hybridized carbons (Fsp3) is 0.786. The summed E-state index contributed by atoms with van der Waals surface area (Å²) in [5, 5.41) is 3.03. The SMILES string of the molecule is CC(C)=CC1C(C(=O)NCC(C)C)C1(C)C. The van der Waals surface area contributed by atoms with Crippen LogP contribution >= 0.6 is 0 Å². The summed E-state index contributed by atoms with van der Waals surface area (Å²) in [7, 11) is 0. The summed E-state index contributed by atoms with van der Waals surface area (Å²) in [5.41, 5.74) is 1.44. The fourth-order valence-corrected chi connectivity index (χ4v) is 2.26. The lowest BCUT2D eigenvalue weighted by molar-refractivity contribution is -0.123. The Morgan fingerprint density at radius 3 is 2.38 bits per heavy atom. The van der Waals surface area contributed by atoms with Crippen molar-refractivity contribution >= 4 is 5.91 Å². The van der Waals surface area contributed by atoms with Crippen LogP contribution in [0.2, 0.25) is 0 Å². The smallest absolute Gasteiger partial charge is 0.224 e. The van der Waals surface area contributed by atoms with Gasteiger partial charge in [-0.15, -0.1) is 0 Å². The molecule has 1 fully saturated rings. The van der Waals surface area contributed by atoms with Gasteiger partial charge in [0.2, 0.25) is 5.91 Å². The van der Waals surface area contributed by atoms with Gasteiger partial charge in [-0.25, -0.2) is 0 Å². The Kier molecular flexibility index (Phi) is 3.82. The summed E-state index contributed by atoms with van der Waals surface area (Å²) in [4.78, 5) is 12.0. The molecule has 0 aromatic carbocycles. The van der Waals surface area contributed by atoms with Gasteiger partial charge < -0.3 is 5.32 Å². The first kappa shape index (κ1) is 13.3. The highest BCUT2D eigenvalue weighted by molar-refractivity contribution is 5.83. The van der Waals surface area contributed by atoms with Crippen molar-refractivity contribution < 1.29 is 4.79 Å². The second-order valence-electron chi connectivity index (χ2n) is 6.21. The zero-order valence-electron chi connectivity index (χ0n) is 11.4. The molecule has 0 spiro atoms. The van der Waals surface area contributed by atoms with Gasteiger partial charge in [0.05, 0.1) is 5.92 Å². The first-order valence-corrected chi connectivity index (χ1v) is 6.19. The van der Waals surface area contributed by atoms with Crippen molar-refractivity contribution in [1.29, 1.82) is 0 Å². The number of carbonyl (C=O) groups excluding carboxylic acids is 1. The number of hydrogen-bond donors (Lipinski definition) is 1. The molecule has 1 N–H and O–H groups in total. The molecular weight excluding hydrogens is 198 g/mol. The van der Waals surface area contributed by atoms with Gasteiger partial charge in [0.15, 0.2) is 0 Å². The van der Waals surface area contributed by atoms with Crippen molar-refractivity contribution in [3.63, 3.8) is 0 Å². The molecule has 2 heteroatoms. The standard InChI is InChI=1S/C14H25NO/c1-9(2)7-11-12(14(11,5)6)13(16)15-8-10(3)4/h7,10-12H,8H2,1-6H3,(H,15,16). The molecule has 0 heterocycles. The molecule has 0 aromatic rings. The normalized spacial score (nSPS) is 26.4. The van der Waals surface area contributed by atoms with Gasteiger partial charge in [0, 0.05) is 6.54 Å². The molecular formula is C14H25NO. The Morgan fingerprint density at radius 2 is 1.94 bits per heavy atom. The Morgan fingerprint density at radius 1 is 1.38 bits per heavy atom. The van der Waals surface area contributed by atoms with Crippen molar-refractivity contribution in [3.05, 3.63) is 11.6 Å². The number of nitrogens with one attached hydrogen (secondary N) is 1. The van der Waals surface area contributed by atoms with E-state index in [1.54, 1.807) is 0 Å². The van der Waals surface area contributed by atoms with E-state index in [0.717, 1.165) is 6.54 Å². The minimum atomic E-state index is 0.137. The van der Waals surface area contributed by atoms with Gasteiger partial charge in [0.25, 0.3) is 0 Å². The van der Waals surface area contributed by atoms with Gasteiger partial charge in [-0.1, -0.05) is 39.3 Å². The Hall–Kier alpha value is -0.790. The second kappa shape index (κ2) is 4.60. The molecule has 2 unspecified atom stereocenters. The van der Waals surface area contributed by atoms with Crippen molar-refractivity contribution in [2.75, 3.05) is 6.54 Å². The van der Waals surface area contributed by atoms with E-state index >= 15 is 0 Å². The Balaban J connectivity index is 2.56. The average molecular weight is 223 g/mol. The molecule has 1 aliphatic carbocycles. The Labute approximate surface area is 99.5 Å². The summed E-state index contributed by atoms with van der Waals surface area (Å²) < 4.78 is 0. The van der Waals surface area contributed by atoms with Crippen LogP contribution in [0.1, 0.15) is 41.5 Å². The zero-order chi connectivity index (χ0) is 12.5. The maximum absolute atomic E-state index is 12.0. The molecule has 92 valence electrons. The molecule has 0 aromatic heterocycles. The minimum absolute atomic E-state index is 0.137. The maximum atomic E-state index is 12.0. The maximum Gasteiger partial charge on any atom is 0.224 e. The van der Waals surface area contributed by atoms with Crippen LogP contribution in [0.5, 0.6) is 0 Å². The first-order valence-electron chi connectivity index (χ1n) is 6.19. The van der Waals surface area contributed by atoms with E-state index in [9.17, 15) is 4.79 Å². The predicted octanol–water partition coefficient (Wildman–Crippen LogP) is 3.00. The van der Waals surface area contributed by atoms with Crippen molar-refractivity contribution in [2.24, 2.45) is 23.2 Å². The van der Waals surface area contributed by atoms with E-state index in [-0.39, 0.29) is 17.2 Å². The summed E-state index contributed by atoms with van der Waals surface area (Å²) in [5.74, 6) is 1.33. The van der Waals surface area contributed by atoms with Crippen molar-refractivity contribution in [1.82, 2.24) is 5.32 Å². The highest BCUT2D eigenvalue weighted by Gasteiger charge is 2.60. The van der Waals surface area contributed by atoms with E-state index in [1.807, 2.05) is 0 Å². The van der Waals surface area contributed by atoms with Crippen LogP contribution in [0.25, 0.3) is 0 Å². The van der Waals surface area contributed by atoms with Gasteiger partial charge in [-0.2, -0.15) is 0 Å². The summed E-state index contributed by atoms with van der Waals surface area (Å²) >= 11 is 0. The molecule has 0 aliphatic heterocycles. The van der Waals surface area contributed by atoms with Gasteiger partial charge >= 0.3 is 0 Å². The molecule has 0 radical (unpaired) electrons. The number of rotatable bonds is 4. The summed E-state index contributed by atoms with van der Waals surface area (Å²) in [6, 6.07) is 0. The second-order valence-corrected chi connectivity index (χ2v) is 6.21. The quantitative estimate of drug-likeness (QED) is 0.729. The van der Waals surface area contributed by atoms with Gasteiger partial charge in [0.1, 0.15) is 0 Å². The zero-order valence-corrected chi connectivity index (χ0v) is 11.4. The molecule has 0 saturated heterocycles.